The Morgan fingerprint density at radius 3 is 2.83 bits per heavy atom. The van der Waals surface area contributed by atoms with Crippen LogP contribution >= 0.6 is 0 Å². The summed E-state index contributed by atoms with van der Waals surface area (Å²) >= 11 is 0. The summed E-state index contributed by atoms with van der Waals surface area (Å²) in [4.78, 5) is 4.33. The molecule has 0 bridgehead atoms. The Balaban J connectivity index is 1.69. The summed E-state index contributed by atoms with van der Waals surface area (Å²) in [7, 11) is 0. The fourth-order valence-corrected chi connectivity index (χ4v) is 2.81. The number of hydrogen-bond donors (Lipinski definition) is 1. The van der Waals surface area contributed by atoms with Gasteiger partial charge in [-0.2, -0.15) is 4.98 Å². The molecule has 0 spiro atoms. The van der Waals surface area contributed by atoms with Crippen molar-refractivity contribution in [3.8, 4) is 0 Å². The quantitative estimate of drug-likeness (QED) is 0.884. The molecule has 100 valence electrons. The van der Waals surface area contributed by atoms with Crippen molar-refractivity contribution < 1.29 is 13.3 Å². The second kappa shape index (κ2) is 4.57. The predicted molar refractivity (Wildman–Crippen MR) is 60.7 cm³/mol. The van der Waals surface area contributed by atoms with Gasteiger partial charge in [0.25, 0.3) is 0 Å². The zero-order chi connectivity index (χ0) is 12.6. The van der Waals surface area contributed by atoms with Crippen LogP contribution in [0.2, 0.25) is 0 Å². The highest BCUT2D eigenvalue weighted by molar-refractivity contribution is 5.04. The number of halogens is 2. The topological polar surface area (TPSA) is 51.0 Å². The molecule has 4 nitrogen and oxygen atoms in total. The summed E-state index contributed by atoms with van der Waals surface area (Å²) in [5.74, 6) is -1.50. The third-order valence-corrected chi connectivity index (χ3v) is 3.87. The van der Waals surface area contributed by atoms with Gasteiger partial charge in [-0.05, 0) is 25.8 Å². The molecule has 2 heterocycles. The maximum Gasteiger partial charge on any atom is 0.248 e. The predicted octanol–water partition coefficient (Wildman–Crippen LogP) is 2.44. The average molecular weight is 257 g/mol. The summed E-state index contributed by atoms with van der Waals surface area (Å²) in [5.41, 5.74) is 0. The van der Waals surface area contributed by atoms with Gasteiger partial charge < -0.3 is 9.84 Å². The first-order chi connectivity index (χ1) is 8.64. The third-order valence-electron chi connectivity index (χ3n) is 3.87. The lowest BCUT2D eigenvalue weighted by Crippen LogP contribution is -2.28. The molecule has 18 heavy (non-hydrogen) atoms. The van der Waals surface area contributed by atoms with E-state index >= 15 is 0 Å². The van der Waals surface area contributed by atoms with Crippen molar-refractivity contribution in [2.24, 2.45) is 0 Å². The summed E-state index contributed by atoms with van der Waals surface area (Å²) in [6, 6.07) is 0. The van der Waals surface area contributed by atoms with Crippen molar-refractivity contribution in [2.75, 3.05) is 13.1 Å². The molecule has 2 fully saturated rings. The lowest BCUT2D eigenvalue weighted by molar-refractivity contribution is 0.00690. The summed E-state index contributed by atoms with van der Waals surface area (Å²) in [6.45, 7) is 1.87. The van der Waals surface area contributed by atoms with E-state index in [2.05, 4.69) is 15.5 Å². The molecule has 1 aromatic rings. The lowest BCUT2D eigenvalue weighted by Gasteiger charge is -2.19. The van der Waals surface area contributed by atoms with E-state index in [0.717, 1.165) is 25.9 Å². The summed E-state index contributed by atoms with van der Waals surface area (Å²) in [5, 5.41) is 7.24. The number of hydrogen-bond acceptors (Lipinski definition) is 4. The fraction of sp³-hybridized carbons (Fsp3) is 0.833. The molecule has 6 heteroatoms. The molecule has 0 aromatic carbocycles. The number of nitrogens with zero attached hydrogens (tertiary/aromatic N) is 2. The second-order valence-corrected chi connectivity index (χ2v) is 5.33. The highest BCUT2D eigenvalue weighted by Gasteiger charge is 2.42. The Bertz CT molecular complexity index is 415. The van der Waals surface area contributed by atoms with Crippen LogP contribution in [-0.2, 0) is 0 Å². The minimum atomic E-state index is -2.56. The largest absolute Gasteiger partial charge is 0.339 e. The molecule has 1 saturated carbocycles. The molecule has 2 aliphatic rings. The molecule has 0 radical (unpaired) electrons. The monoisotopic (exact) mass is 257 g/mol. The fourth-order valence-electron chi connectivity index (χ4n) is 2.81. The van der Waals surface area contributed by atoms with Gasteiger partial charge in [-0.25, -0.2) is 8.78 Å². The molecule has 1 aromatic heterocycles. The Morgan fingerprint density at radius 2 is 2.17 bits per heavy atom. The van der Waals surface area contributed by atoms with Crippen LogP contribution in [0, 0.1) is 0 Å². The van der Waals surface area contributed by atoms with Crippen LogP contribution in [0.3, 0.4) is 0 Å². The van der Waals surface area contributed by atoms with E-state index < -0.39 is 5.92 Å². The summed E-state index contributed by atoms with van der Waals surface area (Å²) in [6.07, 6.45) is 2.35. The van der Waals surface area contributed by atoms with Gasteiger partial charge in [-0.1, -0.05) is 5.16 Å². The van der Waals surface area contributed by atoms with E-state index in [-0.39, 0.29) is 24.7 Å². The molecule has 2 unspecified atom stereocenters. The van der Waals surface area contributed by atoms with Crippen molar-refractivity contribution in [3.05, 3.63) is 11.7 Å². The Hall–Kier alpha value is -1.04. The van der Waals surface area contributed by atoms with Crippen LogP contribution in [0.25, 0.3) is 0 Å². The molecule has 1 saturated heterocycles. The number of aromatic nitrogens is 2. The molecule has 1 aliphatic heterocycles. The molecular formula is C12H17F2N3O. The zero-order valence-corrected chi connectivity index (χ0v) is 10.2. The normalized spacial score (nSPS) is 31.7. The van der Waals surface area contributed by atoms with E-state index in [0.29, 0.717) is 18.1 Å². The zero-order valence-electron chi connectivity index (χ0n) is 10.2. The molecular weight excluding hydrogens is 240 g/mol. The van der Waals surface area contributed by atoms with Gasteiger partial charge in [0.2, 0.25) is 11.8 Å². The number of piperidine rings is 1. The van der Waals surface area contributed by atoms with Crippen LogP contribution < -0.4 is 5.32 Å². The van der Waals surface area contributed by atoms with Crippen LogP contribution in [-0.4, -0.2) is 29.2 Å². The first-order valence-electron chi connectivity index (χ1n) is 6.56. The van der Waals surface area contributed by atoms with Gasteiger partial charge in [0.15, 0.2) is 5.82 Å². The van der Waals surface area contributed by atoms with Crippen molar-refractivity contribution in [1.29, 1.82) is 0 Å². The van der Waals surface area contributed by atoms with Crippen molar-refractivity contribution >= 4 is 0 Å². The standard InChI is InChI=1S/C12H17F2N3O/c13-12(14)4-3-8(6-12)11-16-10(17-18-11)9-2-1-5-15-7-9/h8-9,15H,1-7H2. The van der Waals surface area contributed by atoms with E-state index in [1.165, 1.54) is 0 Å². The van der Waals surface area contributed by atoms with Gasteiger partial charge >= 0.3 is 0 Å². The average Bonchev–Trinajstić information content (AvgIpc) is 2.96. The van der Waals surface area contributed by atoms with E-state index in [9.17, 15) is 8.78 Å². The van der Waals surface area contributed by atoms with Gasteiger partial charge in [0.1, 0.15) is 0 Å². The second-order valence-electron chi connectivity index (χ2n) is 5.33. The maximum atomic E-state index is 13.1. The third kappa shape index (κ3) is 2.39. The number of alkyl halides is 2. The van der Waals surface area contributed by atoms with Crippen molar-refractivity contribution in [2.45, 2.75) is 49.9 Å². The molecule has 0 amide bonds. The smallest absolute Gasteiger partial charge is 0.248 e. The van der Waals surface area contributed by atoms with Crippen molar-refractivity contribution in [1.82, 2.24) is 15.5 Å². The highest BCUT2D eigenvalue weighted by atomic mass is 19.3. The van der Waals surface area contributed by atoms with Gasteiger partial charge in [0, 0.05) is 31.2 Å². The Morgan fingerprint density at radius 1 is 1.28 bits per heavy atom. The van der Waals surface area contributed by atoms with Gasteiger partial charge in [-0.15, -0.1) is 0 Å². The van der Waals surface area contributed by atoms with Crippen LogP contribution in [0.5, 0.6) is 0 Å². The van der Waals surface area contributed by atoms with Crippen molar-refractivity contribution in [3.63, 3.8) is 0 Å². The molecule has 1 N–H and O–H groups in total. The minimum Gasteiger partial charge on any atom is -0.339 e. The van der Waals surface area contributed by atoms with Gasteiger partial charge in [0.05, 0.1) is 0 Å². The van der Waals surface area contributed by atoms with E-state index in [4.69, 9.17) is 4.52 Å². The minimum absolute atomic E-state index is 0.0691. The Kier molecular flexibility index (Phi) is 3.05. The maximum absolute atomic E-state index is 13.1. The summed E-state index contributed by atoms with van der Waals surface area (Å²) < 4.78 is 31.5. The molecule has 3 rings (SSSR count). The van der Waals surface area contributed by atoms with E-state index in [1.54, 1.807) is 0 Å². The first kappa shape index (κ1) is 12.0. The highest BCUT2D eigenvalue weighted by Crippen LogP contribution is 2.43. The molecule has 2 atom stereocenters. The van der Waals surface area contributed by atoms with Crippen LogP contribution in [0.4, 0.5) is 8.78 Å². The number of rotatable bonds is 2. The van der Waals surface area contributed by atoms with Crippen LogP contribution in [0.1, 0.15) is 55.7 Å². The lowest BCUT2D eigenvalue weighted by atomic mass is 9.99. The van der Waals surface area contributed by atoms with E-state index in [1.807, 2.05) is 0 Å². The Labute approximate surface area is 104 Å². The first-order valence-corrected chi connectivity index (χ1v) is 6.56. The number of nitrogens with one attached hydrogen (secondary N) is 1. The SMILES string of the molecule is FC1(F)CCC(c2nc(C3CCCNC3)no2)C1. The van der Waals surface area contributed by atoms with Gasteiger partial charge in [-0.3, -0.25) is 0 Å². The van der Waals surface area contributed by atoms with Crippen LogP contribution in [0.15, 0.2) is 4.52 Å². The molecule has 1 aliphatic carbocycles.